The number of fused-ring (bicyclic) bond motifs is 3. The third-order valence-corrected chi connectivity index (χ3v) is 11.4. The molecule has 15 heteroatoms. The van der Waals surface area contributed by atoms with Gasteiger partial charge in [-0.05, 0) is 45.6 Å². The molecular weight excluding hydrogens is 684 g/mol. The van der Waals surface area contributed by atoms with Crippen LogP contribution in [-0.4, -0.2) is 121 Å². The maximum Gasteiger partial charge on any atom is 0.179 e. The van der Waals surface area contributed by atoms with Crippen LogP contribution in [0.2, 0.25) is 0 Å². The van der Waals surface area contributed by atoms with Crippen molar-refractivity contribution in [3.05, 3.63) is 52.0 Å². The molecule has 0 amide bonds. The Morgan fingerprint density at radius 1 is 0.808 bits per heavy atom. The summed E-state index contributed by atoms with van der Waals surface area (Å²) < 4.78 is 36.0. The Morgan fingerprint density at radius 2 is 1.42 bits per heavy atom. The fourth-order valence-electron chi connectivity index (χ4n) is 8.64. The van der Waals surface area contributed by atoms with E-state index in [-0.39, 0.29) is 54.4 Å². The van der Waals surface area contributed by atoms with Gasteiger partial charge in [0.25, 0.3) is 0 Å². The molecule has 3 heterocycles. The van der Waals surface area contributed by atoms with E-state index in [1.54, 1.807) is 20.8 Å². The number of ketones is 2. The molecule has 0 bridgehead atoms. The lowest BCUT2D eigenvalue weighted by Crippen LogP contribution is -2.56. The van der Waals surface area contributed by atoms with E-state index in [1.165, 1.54) is 18.2 Å². The van der Waals surface area contributed by atoms with E-state index in [0.29, 0.717) is 12.8 Å². The molecule has 4 fully saturated rings. The molecule has 0 aromatic heterocycles. The van der Waals surface area contributed by atoms with E-state index in [1.807, 2.05) is 0 Å². The van der Waals surface area contributed by atoms with Gasteiger partial charge in [-0.3, -0.25) is 9.59 Å². The number of hydrogen-bond acceptors (Lipinski definition) is 15. The van der Waals surface area contributed by atoms with Gasteiger partial charge >= 0.3 is 0 Å². The number of hydrogen-bond donors (Lipinski definition) is 7. The summed E-state index contributed by atoms with van der Waals surface area (Å²) in [6.07, 6.45) is -7.97. The molecule has 0 radical (unpaired) electrons. The Bertz CT molecular complexity index is 1600. The molecule has 3 aliphatic heterocycles. The molecule has 286 valence electrons. The summed E-state index contributed by atoms with van der Waals surface area (Å²) in [4.78, 5) is 27.3. The van der Waals surface area contributed by atoms with Crippen molar-refractivity contribution in [3.8, 4) is 5.75 Å². The summed E-state index contributed by atoms with van der Waals surface area (Å²) in [6.45, 7) is 5.14. The van der Waals surface area contributed by atoms with Crippen molar-refractivity contribution in [3.63, 3.8) is 0 Å². The zero-order chi connectivity index (χ0) is 37.2. The van der Waals surface area contributed by atoms with Crippen LogP contribution >= 0.6 is 0 Å². The smallest absolute Gasteiger partial charge is 0.179 e. The van der Waals surface area contributed by atoms with Gasteiger partial charge in [0.15, 0.2) is 36.7 Å². The number of carbonyl (C=O) groups excluding carboxylic acids is 2. The Hall–Kier alpha value is -2.96. The molecule has 7 rings (SSSR count). The highest BCUT2D eigenvalue weighted by atomic mass is 16.8. The average Bonchev–Trinajstić information content (AvgIpc) is 3.08. The standard InChI is InChI=1S/C37H48O15/c1-4-37(46)13-18-28(34(45)30-29(32(18)43)31(42)17-7-5-8-19(38)27(17)33(30)44)22(14-37)49-25-11-20(39)36(16(3)47-25)52-26-12-21(40)35(15(2)48-26)51-24-10-6-9-23(41)50-24/h5,7-8,15-16,20-26,29-30,35-36,38-41,43,45-46H,4,6,9-14H2,1-3H3. The second kappa shape index (κ2) is 14.4. The summed E-state index contributed by atoms with van der Waals surface area (Å²) >= 11 is 0. The van der Waals surface area contributed by atoms with Crippen LogP contribution in [0.15, 0.2) is 40.9 Å². The minimum Gasteiger partial charge on any atom is -0.511 e. The van der Waals surface area contributed by atoms with Crippen molar-refractivity contribution < 1.29 is 73.8 Å². The minimum atomic E-state index is -1.51. The van der Waals surface area contributed by atoms with Crippen molar-refractivity contribution in [2.45, 2.75) is 146 Å². The number of Topliss-reactive ketones (excluding diaryl/α,β-unsaturated/α-hetero) is 2. The number of phenols is 1. The number of aromatic hydroxyl groups is 1. The van der Waals surface area contributed by atoms with Gasteiger partial charge in [0.05, 0.1) is 53.5 Å². The van der Waals surface area contributed by atoms with Crippen molar-refractivity contribution in [1.29, 1.82) is 0 Å². The molecule has 6 aliphatic rings. The molecule has 14 atom stereocenters. The quantitative estimate of drug-likeness (QED) is 0.214. The summed E-state index contributed by atoms with van der Waals surface area (Å²) in [5.74, 6) is -5.68. The predicted octanol–water partition coefficient (Wildman–Crippen LogP) is 2.57. The highest BCUT2D eigenvalue weighted by Gasteiger charge is 2.55. The Balaban J connectivity index is 1.06. The van der Waals surface area contributed by atoms with Crippen LogP contribution in [-0.2, 0) is 28.4 Å². The average molecular weight is 733 g/mol. The van der Waals surface area contributed by atoms with Crippen molar-refractivity contribution in [2.24, 2.45) is 11.8 Å². The number of carbonyl (C=O) groups is 2. The van der Waals surface area contributed by atoms with E-state index in [4.69, 9.17) is 28.4 Å². The van der Waals surface area contributed by atoms with Crippen LogP contribution < -0.4 is 0 Å². The van der Waals surface area contributed by atoms with Gasteiger partial charge in [-0.1, -0.05) is 19.1 Å². The Labute approximate surface area is 300 Å². The lowest BCUT2D eigenvalue weighted by atomic mass is 9.63. The van der Waals surface area contributed by atoms with Gasteiger partial charge in [-0.15, -0.1) is 0 Å². The lowest BCUT2D eigenvalue weighted by molar-refractivity contribution is -0.336. The monoisotopic (exact) mass is 732 g/mol. The highest BCUT2D eigenvalue weighted by Crippen LogP contribution is 2.52. The highest BCUT2D eigenvalue weighted by molar-refractivity contribution is 6.19. The van der Waals surface area contributed by atoms with E-state index in [0.717, 1.165) is 6.42 Å². The third kappa shape index (κ3) is 6.69. The second-order valence-electron chi connectivity index (χ2n) is 14.9. The molecule has 1 aromatic rings. The van der Waals surface area contributed by atoms with Crippen LogP contribution in [0.25, 0.3) is 0 Å². The zero-order valence-electron chi connectivity index (χ0n) is 29.3. The first-order valence-electron chi connectivity index (χ1n) is 18.1. The van der Waals surface area contributed by atoms with Gasteiger partial charge in [-0.2, -0.15) is 0 Å². The summed E-state index contributed by atoms with van der Waals surface area (Å²) in [6, 6.07) is 4.07. The topological polar surface area (TPSA) is 231 Å². The van der Waals surface area contributed by atoms with E-state index < -0.39 is 114 Å². The van der Waals surface area contributed by atoms with Crippen LogP contribution in [0, 0.1) is 11.8 Å². The lowest BCUT2D eigenvalue weighted by Gasteiger charge is -2.47. The van der Waals surface area contributed by atoms with Crippen LogP contribution in [0.4, 0.5) is 0 Å². The minimum absolute atomic E-state index is 0.0372. The summed E-state index contributed by atoms with van der Waals surface area (Å²) in [7, 11) is 0. The van der Waals surface area contributed by atoms with E-state index >= 15 is 0 Å². The number of aliphatic hydroxyl groups is 6. The van der Waals surface area contributed by atoms with Crippen molar-refractivity contribution in [2.75, 3.05) is 0 Å². The van der Waals surface area contributed by atoms with Crippen LogP contribution in [0.1, 0.15) is 92.9 Å². The largest absolute Gasteiger partial charge is 0.511 e. The summed E-state index contributed by atoms with van der Waals surface area (Å²) in [5, 5.41) is 77.3. The maximum atomic E-state index is 13.7. The molecule has 0 spiro atoms. The number of allylic oxidation sites excluding steroid dienone is 2. The molecule has 15 nitrogen and oxygen atoms in total. The molecule has 3 saturated heterocycles. The van der Waals surface area contributed by atoms with E-state index in [2.05, 4.69) is 0 Å². The second-order valence-corrected chi connectivity index (χ2v) is 14.9. The van der Waals surface area contributed by atoms with Gasteiger partial charge in [0, 0.05) is 42.4 Å². The maximum absolute atomic E-state index is 13.7. The predicted molar refractivity (Wildman–Crippen MR) is 177 cm³/mol. The molecular formula is C37H48O15. The zero-order valence-corrected chi connectivity index (χ0v) is 29.3. The van der Waals surface area contributed by atoms with Crippen molar-refractivity contribution in [1.82, 2.24) is 0 Å². The molecule has 1 aromatic carbocycles. The first-order valence-corrected chi connectivity index (χ1v) is 18.1. The van der Waals surface area contributed by atoms with E-state index in [9.17, 15) is 45.3 Å². The molecule has 52 heavy (non-hydrogen) atoms. The number of aliphatic hydroxyl groups excluding tert-OH is 5. The van der Waals surface area contributed by atoms with Gasteiger partial charge in [0.2, 0.25) is 0 Å². The number of phenolic OH excluding ortho intramolecular Hbond substituents is 1. The Morgan fingerprint density at radius 3 is 2.04 bits per heavy atom. The number of benzene rings is 1. The fraction of sp³-hybridized carbons (Fsp3) is 0.676. The first kappa shape index (κ1) is 37.4. The number of rotatable bonds is 7. The van der Waals surface area contributed by atoms with Crippen LogP contribution in [0.3, 0.4) is 0 Å². The Kier molecular flexibility index (Phi) is 10.3. The fourth-order valence-corrected chi connectivity index (χ4v) is 8.64. The molecule has 14 unspecified atom stereocenters. The summed E-state index contributed by atoms with van der Waals surface area (Å²) in [5.41, 5.74) is -1.55. The normalized spacial score (nSPS) is 42.5. The molecule has 7 N–H and O–H groups in total. The van der Waals surface area contributed by atoms with Crippen LogP contribution in [0.5, 0.6) is 5.75 Å². The van der Waals surface area contributed by atoms with Gasteiger partial charge in [-0.25, -0.2) is 0 Å². The first-order chi connectivity index (χ1) is 24.7. The van der Waals surface area contributed by atoms with Gasteiger partial charge in [0.1, 0.15) is 29.5 Å². The van der Waals surface area contributed by atoms with Crippen molar-refractivity contribution >= 4 is 11.6 Å². The van der Waals surface area contributed by atoms with Gasteiger partial charge < -0.3 is 64.2 Å². The third-order valence-electron chi connectivity index (χ3n) is 11.4. The number of ether oxygens (including phenoxy) is 6. The molecule has 3 aliphatic carbocycles. The SMILES string of the molecule is CCC1(O)CC2=C(O)C3C(=O)c4cccc(O)c4C(=O)C3C(O)=C2C(OC2CC(O)C(OC3CC(O)C(OC4CCCC(O)O4)C(C)O3)C(C)O2)C1. The molecule has 1 saturated carbocycles.